The Morgan fingerprint density at radius 3 is 2.58 bits per heavy atom. The van der Waals surface area contributed by atoms with Gasteiger partial charge in [-0.3, -0.25) is 4.79 Å². The van der Waals surface area contributed by atoms with Gasteiger partial charge in [-0.1, -0.05) is 29.3 Å². The summed E-state index contributed by atoms with van der Waals surface area (Å²) in [4.78, 5) is 23.5. The molecule has 0 aliphatic rings. The maximum Gasteiger partial charge on any atom is 0.340 e. The Kier molecular flexibility index (Phi) is 6.00. The van der Waals surface area contributed by atoms with E-state index in [-0.39, 0.29) is 17.8 Å². The van der Waals surface area contributed by atoms with E-state index in [9.17, 15) is 14.0 Å². The molecule has 0 aromatic heterocycles. The molecular weight excluding hydrogens is 358 g/mol. The summed E-state index contributed by atoms with van der Waals surface area (Å²) < 4.78 is 17.8. The number of hydrogen-bond donors (Lipinski definition) is 2. The van der Waals surface area contributed by atoms with Gasteiger partial charge >= 0.3 is 5.97 Å². The number of amides is 1. The van der Waals surface area contributed by atoms with Crippen LogP contribution >= 0.6 is 23.2 Å². The molecule has 0 fully saturated rings. The number of carbonyl (C=O) groups excluding carboxylic acids is 2. The van der Waals surface area contributed by atoms with Crippen molar-refractivity contribution in [3.05, 3.63) is 63.4 Å². The number of nitrogens with two attached hydrogens (primary N) is 1. The van der Waals surface area contributed by atoms with E-state index in [1.165, 1.54) is 6.07 Å². The highest BCUT2D eigenvalue weighted by Gasteiger charge is 2.14. The van der Waals surface area contributed by atoms with E-state index in [0.29, 0.717) is 15.6 Å². The van der Waals surface area contributed by atoms with Crippen LogP contribution in [-0.4, -0.2) is 18.5 Å². The van der Waals surface area contributed by atoms with E-state index < -0.39 is 24.3 Å². The molecule has 24 heavy (non-hydrogen) atoms. The third-order valence-electron chi connectivity index (χ3n) is 3.06. The first-order valence-corrected chi connectivity index (χ1v) is 7.55. The molecule has 0 radical (unpaired) electrons. The predicted molar refractivity (Wildman–Crippen MR) is 89.4 cm³/mol. The second-order valence-corrected chi connectivity index (χ2v) is 5.66. The maximum absolute atomic E-state index is 12.9. The fourth-order valence-corrected chi connectivity index (χ4v) is 2.31. The molecular formula is C16H13Cl2FN2O3. The van der Waals surface area contributed by atoms with Crippen LogP contribution in [0.4, 0.5) is 10.1 Å². The lowest BCUT2D eigenvalue weighted by molar-refractivity contribution is -0.124. The zero-order valence-electron chi connectivity index (χ0n) is 12.3. The molecule has 0 saturated heterocycles. The number of benzene rings is 2. The number of ether oxygens (including phenoxy) is 1. The monoisotopic (exact) mass is 370 g/mol. The van der Waals surface area contributed by atoms with Gasteiger partial charge in [0.1, 0.15) is 5.82 Å². The third-order valence-corrected chi connectivity index (χ3v) is 3.65. The fourth-order valence-electron chi connectivity index (χ4n) is 1.84. The van der Waals surface area contributed by atoms with Crippen LogP contribution in [0.1, 0.15) is 15.9 Å². The van der Waals surface area contributed by atoms with E-state index >= 15 is 0 Å². The molecule has 126 valence electrons. The summed E-state index contributed by atoms with van der Waals surface area (Å²) in [6.07, 6.45) is 0. The molecule has 0 unspecified atom stereocenters. The van der Waals surface area contributed by atoms with E-state index in [4.69, 9.17) is 33.7 Å². The van der Waals surface area contributed by atoms with Crippen molar-refractivity contribution in [1.29, 1.82) is 0 Å². The Morgan fingerprint density at radius 1 is 1.17 bits per heavy atom. The highest BCUT2D eigenvalue weighted by Crippen LogP contribution is 2.20. The van der Waals surface area contributed by atoms with Crippen LogP contribution in [0.25, 0.3) is 0 Å². The Morgan fingerprint density at radius 2 is 1.92 bits per heavy atom. The van der Waals surface area contributed by atoms with Gasteiger partial charge in [-0.25, -0.2) is 9.18 Å². The van der Waals surface area contributed by atoms with Crippen LogP contribution in [0, 0.1) is 5.82 Å². The summed E-state index contributed by atoms with van der Waals surface area (Å²) in [6.45, 7) is -0.341. The van der Waals surface area contributed by atoms with Gasteiger partial charge in [0.15, 0.2) is 6.61 Å². The average molecular weight is 371 g/mol. The molecule has 0 atom stereocenters. The quantitative estimate of drug-likeness (QED) is 0.625. The normalized spacial score (nSPS) is 10.3. The van der Waals surface area contributed by atoms with Gasteiger partial charge < -0.3 is 15.8 Å². The first-order chi connectivity index (χ1) is 11.4. The topological polar surface area (TPSA) is 81.4 Å². The minimum Gasteiger partial charge on any atom is -0.452 e. The largest absolute Gasteiger partial charge is 0.452 e. The lowest BCUT2D eigenvalue weighted by atomic mass is 10.2. The van der Waals surface area contributed by atoms with Crippen molar-refractivity contribution in [2.45, 2.75) is 6.54 Å². The van der Waals surface area contributed by atoms with Crippen LogP contribution in [0.2, 0.25) is 10.0 Å². The lowest BCUT2D eigenvalue weighted by Crippen LogP contribution is -2.28. The number of halogens is 3. The second-order valence-electron chi connectivity index (χ2n) is 4.82. The van der Waals surface area contributed by atoms with Crippen molar-refractivity contribution in [3.63, 3.8) is 0 Å². The van der Waals surface area contributed by atoms with Gasteiger partial charge in [0.25, 0.3) is 5.91 Å². The fraction of sp³-hybridized carbons (Fsp3) is 0.125. The zero-order valence-corrected chi connectivity index (χ0v) is 13.8. The number of carbonyl (C=O) groups is 2. The van der Waals surface area contributed by atoms with Crippen molar-refractivity contribution in [3.8, 4) is 0 Å². The minimum atomic E-state index is -0.813. The predicted octanol–water partition coefficient (Wildman–Crippen LogP) is 3.19. The van der Waals surface area contributed by atoms with Crippen molar-refractivity contribution in [2.24, 2.45) is 0 Å². The molecule has 0 saturated carbocycles. The third kappa shape index (κ3) is 4.84. The van der Waals surface area contributed by atoms with Gasteiger partial charge in [-0.2, -0.15) is 0 Å². The smallest absolute Gasteiger partial charge is 0.340 e. The highest BCUT2D eigenvalue weighted by atomic mass is 35.5. The van der Waals surface area contributed by atoms with E-state index in [2.05, 4.69) is 5.32 Å². The second kappa shape index (κ2) is 7.99. The van der Waals surface area contributed by atoms with Gasteiger partial charge in [0, 0.05) is 22.3 Å². The number of hydrogen-bond acceptors (Lipinski definition) is 4. The Labute approximate surface area is 147 Å². The van der Waals surface area contributed by atoms with Crippen molar-refractivity contribution in [2.75, 3.05) is 12.3 Å². The molecule has 0 aliphatic heterocycles. The summed E-state index contributed by atoms with van der Waals surface area (Å²) >= 11 is 11.8. The van der Waals surface area contributed by atoms with Gasteiger partial charge in [0.05, 0.1) is 5.56 Å². The number of rotatable bonds is 5. The van der Waals surface area contributed by atoms with Crippen molar-refractivity contribution >= 4 is 40.8 Å². The van der Waals surface area contributed by atoms with Gasteiger partial charge in [0.2, 0.25) is 0 Å². The lowest BCUT2D eigenvalue weighted by Gasteiger charge is -2.09. The number of nitrogens with one attached hydrogen (secondary N) is 1. The Hall–Kier alpha value is -2.31. The average Bonchev–Trinajstić information content (AvgIpc) is 2.51. The molecule has 0 heterocycles. The molecule has 1 amide bonds. The molecule has 2 aromatic carbocycles. The van der Waals surface area contributed by atoms with Crippen LogP contribution in [0.15, 0.2) is 36.4 Å². The van der Waals surface area contributed by atoms with E-state index in [1.807, 2.05) is 0 Å². The standard InChI is InChI=1S/C16H13Cl2FN2O3/c17-10-2-1-9(13(18)5-10)7-21-15(22)8-24-16(23)12-4-3-11(19)6-14(12)20/h1-6H,7-8,20H2,(H,21,22). The number of nitrogen functional groups attached to an aromatic ring is 1. The molecule has 0 bridgehead atoms. The van der Waals surface area contributed by atoms with Gasteiger partial charge in [-0.05, 0) is 35.9 Å². The van der Waals surface area contributed by atoms with E-state index in [1.54, 1.807) is 18.2 Å². The summed E-state index contributed by atoms with van der Waals surface area (Å²) in [5.41, 5.74) is 6.12. The number of esters is 1. The minimum absolute atomic E-state index is 0.00931. The summed E-state index contributed by atoms with van der Waals surface area (Å²) in [5.74, 6) is -1.90. The summed E-state index contributed by atoms with van der Waals surface area (Å²) in [7, 11) is 0. The molecule has 2 rings (SSSR count). The molecule has 8 heteroatoms. The highest BCUT2D eigenvalue weighted by molar-refractivity contribution is 6.35. The van der Waals surface area contributed by atoms with Crippen LogP contribution in [0.5, 0.6) is 0 Å². The first kappa shape index (κ1) is 18.0. The zero-order chi connectivity index (χ0) is 17.7. The summed E-state index contributed by atoms with van der Waals surface area (Å²) in [6, 6.07) is 8.15. The van der Waals surface area contributed by atoms with Gasteiger partial charge in [-0.15, -0.1) is 0 Å². The van der Waals surface area contributed by atoms with Crippen molar-refractivity contribution < 1.29 is 18.7 Å². The molecule has 3 N–H and O–H groups in total. The SMILES string of the molecule is Nc1cc(F)ccc1C(=O)OCC(=O)NCc1ccc(Cl)cc1Cl. The summed E-state index contributed by atoms with van der Waals surface area (Å²) in [5, 5.41) is 3.46. The molecule has 0 spiro atoms. The number of anilines is 1. The molecule has 0 aliphatic carbocycles. The Bertz CT molecular complexity index is 784. The molecule has 2 aromatic rings. The van der Waals surface area contributed by atoms with Crippen LogP contribution in [-0.2, 0) is 16.1 Å². The Balaban J connectivity index is 1.85. The first-order valence-electron chi connectivity index (χ1n) is 6.79. The van der Waals surface area contributed by atoms with Crippen molar-refractivity contribution in [1.82, 2.24) is 5.32 Å². The van der Waals surface area contributed by atoms with E-state index in [0.717, 1.165) is 12.1 Å². The molecule has 5 nitrogen and oxygen atoms in total. The maximum atomic E-state index is 12.9. The van der Waals surface area contributed by atoms with Crippen LogP contribution < -0.4 is 11.1 Å². The van der Waals surface area contributed by atoms with Crippen LogP contribution in [0.3, 0.4) is 0 Å².